The van der Waals surface area contributed by atoms with Gasteiger partial charge in [0.1, 0.15) is 18.2 Å². The fraction of sp³-hybridized carbons (Fsp3) is 0.524. The number of para-hydroxylation sites is 1. The number of aliphatic hydroxyl groups is 1. The van der Waals surface area contributed by atoms with Gasteiger partial charge in [0.25, 0.3) is 0 Å². The fourth-order valence-corrected chi connectivity index (χ4v) is 3.37. The number of anilines is 2. The molecule has 27 heavy (non-hydrogen) atoms. The highest BCUT2D eigenvalue weighted by Crippen LogP contribution is 2.24. The van der Waals surface area contributed by atoms with E-state index in [1.807, 2.05) is 37.3 Å². The minimum Gasteiger partial charge on any atom is -0.491 e. The molecule has 3 N–H and O–H groups in total. The van der Waals surface area contributed by atoms with Gasteiger partial charge in [0, 0.05) is 18.3 Å². The summed E-state index contributed by atoms with van der Waals surface area (Å²) in [5.41, 5.74) is 0.685. The van der Waals surface area contributed by atoms with Gasteiger partial charge in [-0.15, -0.1) is 0 Å². The molecular weight excluding hydrogens is 340 g/mol. The summed E-state index contributed by atoms with van der Waals surface area (Å²) in [6.07, 6.45) is 8.24. The molecule has 1 aromatic carbocycles. The van der Waals surface area contributed by atoms with Gasteiger partial charge in [-0.1, -0.05) is 37.5 Å². The van der Waals surface area contributed by atoms with Gasteiger partial charge < -0.3 is 20.5 Å². The standard InChI is InChI=1S/C21H30N4O2/c1-16(15-27-19-10-6-3-7-11-19)24-20-18(14-26)13-23-21(25-20)22-12-17-8-4-2-5-9-17/h3,6-7,10-11,13,16-17,26H,2,4-5,8-9,12,14-15H2,1H3,(H2,22,23,24,25). The van der Waals surface area contributed by atoms with Crippen LogP contribution in [0.5, 0.6) is 5.75 Å². The molecule has 0 aliphatic heterocycles. The van der Waals surface area contributed by atoms with Crippen LogP contribution in [0.15, 0.2) is 36.5 Å². The highest BCUT2D eigenvalue weighted by Gasteiger charge is 2.15. The number of benzene rings is 1. The molecule has 1 atom stereocenters. The van der Waals surface area contributed by atoms with Crippen molar-refractivity contribution < 1.29 is 9.84 Å². The van der Waals surface area contributed by atoms with Crippen molar-refractivity contribution in [1.82, 2.24) is 9.97 Å². The van der Waals surface area contributed by atoms with Crippen molar-refractivity contribution in [1.29, 1.82) is 0 Å². The quantitative estimate of drug-likeness (QED) is 0.622. The third kappa shape index (κ3) is 6.10. The molecule has 1 unspecified atom stereocenters. The SMILES string of the molecule is CC(COc1ccccc1)Nc1nc(NCC2CCCCC2)ncc1CO. The molecule has 2 aromatic rings. The summed E-state index contributed by atoms with van der Waals surface area (Å²) < 4.78 is 5.79. The number of hydrogen-bond acceptors (Lipinski definition) is 6. The first kappa shape index (κ1) is 19.4. The molecule has 6 nitrogen and oxygen atoms in total. The van der Waals surface area contributed by atoms with E-state index in [-0.39, 0.29) is 12.6 Å². The predicted molar refractivity (Wildman–Crippen MR) is 108 cm³/mol. The van der Waals surface area contributed by atoms with Crippen molar-refractivity contribution in [3.63, 3.8) is 0 Å². The molecule has 1 aromatic heterocycles. The Hall–Kier alpha value is -2.34. The van der Waals surface area contributed by atoms with Gasteiger partial charge >= 0.3 is 0 Å². The van der Waals surface area contributed by atoms with Gasteiger partial charge in [0.2, 0.25) is 5.95 Å². The zero-order chi connectivity index (χ0) is 18.9. The van der Waals surface area contributed by atoms with Crippen molar-refractivity contribution in [2.75, 3.05) is 23.8 Å². The summed E-state index contributed by atoms with van der Waals surface area (Å²) in [5, 5.41) is 16.3. The molecule has 0 bridgehead atoms. The minimum atomic E-state index is -0.0997. The van der Waals surface area contributed by atoms with Crippen molar-refractivity contribution >= 4 is 11.8 Å². The summed E-state index contributed by atoms with van der Waals surface area (Å²) in [5.74, 6) is 2.81. The third-order valence-electron chi connectivity index (χ3n) is 4.93. The first-order valence-electron chi connectivity index (χ1n) is 9.89. The van der Waals surface area contributed by atoms with E-state index in [2.05, 4.69) is 20.6 Å². The first-order valence-corrected chi connectivity index (χ1v) is 9.89. The Kier molecular flexibility index (Phi) is 7.27. The molecule has 6 heteroatoms. The number of aliphatic hydroxyl groups excluding tert-OH is 1. The second-order valence-electron chi connectivity index (χ2n) is 7.28. The van der Waals surface area contributed by atoms with E-state index in [1.54, 1.807) is 6.20 Å². The van der Waals surface area contributed by atoms with Crippen molar-refractivity contribution in [2.45, 2.75) is 51.7 Å². The molecule has 1 fully saturated rings. The van der Waals surface area contributed by atoms with E-state index in [0.29, 0.717) is 29.9 Å². The number of hydrogen-bond donors (Lipinski definition) is 3. The number of ether oxygens (including phenoxy) is 1. The lowest BCUT2D eigenvalue weighted by Crippen LogP contribution is -2.25. The lowest BCUT2D eigenvalue weighted by Gasteiger charge is -2.22. The highest BCUT2D eigenvalue weighted by molar-refractivity contribution is 5.47. The smallest absolute Gasteiger partial charge is 0.224 e. The maximum Gasteiger partial charge on any atom is 0.224 e. The summed E-state index contributed by atoms with van der Waals surface area (Å²) in [6.45, 7) is 3.34. The number of rotatable bonds is 9. The predicted octanol–water partition coefficient (Wildman–Crippen LogP) is 3.84. The lowest BCUT2D eigenvalue weighted by molar-refractivity contribution is 0.280. The van der Waals surface area contributed by atoms with E-state index < -0.39 is 0 Å². The maximum atomic E-state index is 9.59. The molecule has 1 aliphatic rings. The van der Waals surface area contributed by atoms with Crippen LogP contribution in [0.2, 0.25) is 0 Å². The van der Waals surface area contributed by atoms with Gasteiger partial charge in [-0.3, -0.25) is 0 Å². The van der Waals surface area contributed by atoms with Crippen molar-refractivity contribution in [2.24, 2.45) is 5.92 Å². The molecule has 1 aliphatic carbocycles. The minimum absolute atomic E-state index is 0.0385. The third-order valence-corrected chi connectivity index (χ3v) is 4.93. The van der Waals surface area contributed by atoms with Gasteiger partial charge in [-0.2, -0.15) is 4.98 Å². The molecule has 0 radical (unpaired) electrons. The summed E-state index contributed by atoms with van der Waals surface area (Å²) in [4.78, 5) is 8.92. The second-order valence-corrected chi connectivity index (χ2v) is 7.28. The molecule has 0 amide bonds. The summed E-state index contributed by atoms with van der Waals surface area (Å²) in [6, 6.07) is 9.77. The second kappa shape index (κ2) is 10.1. The molecule has 3 rings (SSSR count). The molecule has 1 heterocycles. The van der Waals surface area contributed by atoms with Crippen LogP contribution in [-0.4, -0.2) is 34.3 Å². The zero-order valence-corrected chi connectivity index (χ0v) is 16.0. The van der Waals surface area contributed by atoms with Crippen LogP contribution < -0.4 is 15.4 Å². The topological polar surface area (TPSA) is 79.3 Å². The Morgan fingerprint density at radius 2 is 1.96 bits per heavy atom. The van der Waals surface area contributed by atoms with Gasteiger partial charge in [-0.05, 0) is 37.8 Å². The van der Waals surface area contributed by atoms with E-state index in [9.17, 15) is 5.11 Å². The van der Waals surface area contributed by atoms with E-state index in [4.69, 9.17) is 4.74 Å². The number of nitrogens with one attached hydrogen (secondary N) is 2. The van der Waals surface area contributed by atoms with Gasteiger partial charge in [-0.25, -0.2) is 4.98 Å². The molecule has 1 saturated carbocycles. The van der Waals surface area contributed by atoms with Crippen LogP contribution in [0.1, 0.15) is 44.6 Å². The van der Waals surface area contributed by atoms with E-state index in [1.165, 1.54) is 32.1 Å². The number of nitrogens with zero attached hydrogens (tertiary/aromatic N) is 2. The molecule has 0 saturated heterocycles. The van der Waals surface area contributed by atoms with Gasteiger partial charge in [0.05, 0.1) is 12.6 Å². The highest BCUT2D eigenvalue weighted by atomic mass is 16.5. The summed E-state index contributed by atoms with van der Waals surface area (Å²) in [7, 11) is 0. The molecule has 0 spiro atoms. The van der Waals surface area contributed by atoms with Crippen LogP contribution in [0.25, 0.3) is 0 Å². The van der Waals surface area contributed by atoms with Crippen LogP contribution in [0.4, 0.5) is 11.8 Å². The monoisotopic (exact) mass is 370 g/mol. The molecular formula is C21H30N4O2. The Bertz CT molecular complexity index is 690. The average Bonchev–Trinajstić information content (AvgIpc) is 2.72. The van der Waals surface area contributed by atoms with Crippen LogP contribution in [-0.2, 0) is 6.61 Å². The fourth-order valence-electron chi connectivity index (χ4n) is 3.37. The largest absolute Gasteiger partial charge is 0.491 e. The Morgan fingerprint density at radius 3 is 2.70 bits per heavy atom. The van der Waals surface area contributed by atoms with Crippen molar-refractivity contribution in [3.05, 3.63) is 42.1 Å². The zero-order valence-electron chi connectivity index (χ0n) is 16.0. The van der Waals surface area contributed by atoms with Crippen LogP contribution in [0.3, 0.4) is 0 Å². The first-order chi connectivity index (χ1) is 13.2. The maximum absolute atomic E-state index is 9.59. The summed E-state index contributed by atoms with van der Waals surface area (Å²) >= 11 is 0. The lowest BCUT2D eigenvalue weighted by atomic mass is 9.89. The van der Waals surface area contributed by atoms with Crippen LogP contribution >= 0.6 is 0 Å². The van der Waals surface area contributed by atoms with Crippen molar-refractivity contribution in [3.8, 4) is 5.75 Å². The van der Waals surface area contributed by atoms with E-state index >= 15 is 0 Å². The Balaban J connectivity index is 1.55. The van der Waals surface area contributed by atoms with Gasteiger partial charge in [0.15, 0.2) is 0 Å². The average molecular weight is 370 g/mol. The Morgan fingerprint density at radius 1 is 1.19 bits per heavy atom. The Labute approximate surface area is 161 Å². The van der Waals surface area contributed by atoms with Crippen LogP contribution in [0, 0.1) is 5.92 Å². The normalized spacial score (nSPS) is 15.9. The molecule has 146 valence electrons. The number of aromatic nitrogens is 2. The van der Waals surface area contributed by atoms with E-state index in [0.717, 1.165) is 12.3 Å².